The van der Waals surface area contributed by atoms with E-state index < -0.39 is 6.10 Å². The van der Waals surface area contributed by atoms with Crippen LogP contribution in [0.15, 0.2) is 0 Å². The van der Waals surface area contributed by atoms with Gasteiger partial charge in [-0.1, -0.05) is 188 Å². The molecule has 6 heteroatoms. The number of carbonyl (C=O) groups excluding carboxylic acids is 3. The second-order valence-electron chi connectivity index (χ2n) is 14.5. The quantitative estimate of drug-likeness (QED) is 0.0369. The molecule has 284 valence electrons. The Hall–Kier alpha value is -1.59. The van der Waals surface area contributed by atoms with Crippen LogP contribution in [0, 0.1) is 5.92 Å². The molecule has 0 heterocycles. The first-order valence-electron chi connectivity index (χ1n) is 20.9. The van der Waals surface area contributed by atoms with E-state index in [1.54, 1.807) is 0 Å². The molecule has 0 aromatic heterocycles. The zero-order valence-electron chi connectivity index (χ0n) is 32.4. The minimum absolute atomic E-state index is 0.0666. The first-order valence-corrected chi connectivity index (χ1v) is 20.9. The van der Waals surface area contributed by atoms with Gasteiger partial charge in [0.1, 0.15) is 13.2 Å². The smallest absolute Gasteiger partial charge is 0.306 e. The number of ether oxygens (including phenoxy) is 3. The predicted octanol–water partition coefficient (Wildman–Crippen LogP) is 12.8. The summed E-state index contributed by atoms with van der Waals surface area (Å²) in [5.74, 6) is -0.0616. The van der Waals surface area contributed by atoms with Crippen LogP contribution in [-0.4, -0.2) is 37.2 Å². The number of carbonyl (C=O) groups is 3. The average molecular weight is 681 g/mol. The van der Waals surface area contributed by atoms with E-state index in [9.17, 15) is 14.4 Å². The summed E-state index contributed by atoms with van der Waals surface area (Å²) >= 11 is 0. The van der Waals surface area contributed by atoms with Gasteiger partial charge in [-0.3, -0.25) is 14.4 Å². The molecule has 0 aliphatic rings. The molecule has 0 fully saturated rings. The van der Waals surface area contributed by atoms with Gasteiger partial charge in [0.15, 0.2) is 6.10 Å². The molecule has 0 N–H and O–H groups in total. The van der Waals surface area contributed by atoms with Gasteiger partial charge in [0.25, 0.3) is 0 Å². The molecule has 0 amide bonds. The van der Waals surface area contributed by atoms with Gasteiger partial charge < -0.3 is 14.2 Å². The zero-order chi connectivity index (χ0) is 35.3. The van der Waals surface area contributed by atoms with Gasteiger partial charge in [-0.2, -0.15) is 0 Å². The fourth-order valence-corrected chi connectivity index (χ4v) is 6.06. The maximum atomic E-state index is 12.6. The summed E-state index contributed by atoms with van der Waals surface area (Å²) in [5, 5.41) is 0. The molecule has 0 saturated heterocycles. The van der Waals surface area contributed by atoms with Gasteiger partial charge in [-0.15, -0.1) is 0 Å². The van der Waals surface area contributed by atoms with Crippen LogP contribution in [0.4, 0.5) is 0 Å². The molecule has 0 spiro atoms. The van der Waals surface area contributed by atoms with Crippen LogP contribution in [0.1, 0.15) is 227 Å². The highest BCUT2D eigenvalue weighted by molar-refractivity contribution is 5.71. The lowest BCUT2D eigenvalue weighted by atomic mass is 10.00. The van der Waals surface area contributed by atoms with E-state index in [2.05, 4.69) is 27.7 Å². The van der Waals surface area contributed by atoms with Crippen molar-refractivity contribution >= 4 is 17.9 Å². The van der Waals surface area contributed by atoms with Crippen molar-refractivity contribution in [1.29, 1.82) is 0 Å². The van der Waals surface area contributed by atoms with E-state index in [0.29, 0.717) is 19.3 Å². The highest BCUT2D eigenvalue weighted by Crippen LogP contribution is 2.16. The summed E-state index contributed by atoms with van der Waals surface area (Å²) in [5.41, 5.74) is 0. The van der Waals surface area contributed by atoms with Crippen molar-refractivity contribution in [3.05, 3.63) is 0 Å². The lowest BCUT2D eigenvalue weighted by molar-refractivity contribution is -0.167. The molecule has 0 aliphatic heterocycles. The molecule has 0 aromatic carbocycles. The van der Waals surface area contributed by atoms with Gasteiger partial charge in [-0.05, 0) is 25.2 Å². The Morgan fingerprint density at radius 1 is 0.417 bits per heavy atom. The van der Waals surface area contributed by atoms with Crippen molar-refractivity contribution in [3.8, 4) is 0 Å². The molecule has 0 aromatic rings. The largest absolute Gasteiger partial charge is 0.462 e. The topological polar surface area (TPSA) is 78.9 Å². The summed E-state index contributed by atoms with van der Waals surface area (Å²) < 4.78 is 16.5. The Morgan fingerprint density at radius 3 is 1.08 bits per heavy atom. The number of esters is 3. The van der Waals surface area contributed by atoms with Crippen LogP contribution in [-0.2, 0) is 28.6 Å². The maximum absolute atomic E-state index is 12.6. The molecule has 48 heavy (non-hydrogen) atoms. The normalized spacial score (nSPS) is 12.5. The molecule has 0 radical (unpaired) electrons. The monoisotopic (exact) mass is 681 g/mol. The minimum Gasteiger partial charge on any atom is -0.462 e. The van der Waals surface area contributed by atoms with Crippen LogP contribution in [0.5, 0.6) is 0 Å². The SMILES string of the molecule is CCCCCCCCCCCCCCCCCC(=O)O[C@H](COC(=O)CCCCCCC)COC(=O)CCCCCCCCC(C)CC. The highest BCUT2D eigenvalue weighted by atomic mass is 16.6. The van der Waals surface area contributed by atoms with Crippen molar-refractivity contribution in [1.82, 2.24) is 0 Å². The van der Waals surface area contributed by atoms with E-state index in [1.165, 1.54) is 116 Å². The number of rotatable bonds is 37. The molecule has 6 nitrogen and oxygen atoms in total. The molecule has 2 atom stereocenters. The number of hydrogen-bond acceptors (Lipinski definition) is 6. The third-order valence-corrected chi connectivity index (χ3v) is 9.65. The average Bonchev–Trinajstić information content (AvgIpc) is 3.08. The zero-order valence-corrected chi connectivity index (χ0v) is 32.4. The van der Waals surface area contributed by atoms with Crippen molar-refractivity contribution in [3.63, 3.8) is 0 Å². The summed E-state index contributed by atoms with van der Waals surface area (Å²) in [6.45, 7) is 8.87. The molecule has 0 bridgehead atoms. The van der Waals surface area contributed by atoms with Gasteiger partial charge in [0.2, 0.25) is 0 Å². The predicted molar refractivity (Wildman–Crippen MR) is 201 cm³/mol. The van der Waals surface area contributed by atoms with E-state index in [-0.39, 0.29) is 31.1 Å². The van der Waals surface area contributed by atoms with Crippen LogP contribution < -0.4 is 0 Å². The minimum atomic E-state index is -0.757. The second kappa shape index (κ2) is 36.7. The van der Waals surface area contributed by atoms with Crippen LogP contribution >= 0.6 is 0 Å². The van der Waals surface area contributed by atoms with Crippen LogP contribution in [0.2, 0.25) is 0 Å². The van der Waals surface area contributed by atoms with Gasteiger partial charge in [-0.25, -0.2) is 0 Å². The lowest BCUT2D eigenvalue weighted by Crippen LogP contribution is -2.30. The molecule has 0 aliphatic carbocycles. The summed E-state index contributed by atoms with van der Waals surface area (Å²) in [6, 6.07) is 0. The highest BCUT2D eigenvalue weighted by Gasteiger charge is 2.19. The molecular weight excluding hydrogens is 600 g/mol. The summed E-state index contributed by atoms with van der Waals surface area (Å²) in [7, 11) is 0. The summed E-state index contributed by atoms with van der Waals surface area (Å²) in [4.78, 5) is 37.3. The Labute approximate surface area is 298 Å². The van der Waals surface area contributed by atoms with Crippen molar-refractivity contribution in [2.75, 3.05) is 13.2 Å². The Kier molecular flexibility index (Phi) is 35.5. The molecule has 0 rings (SSSR count). The van der Waals surface area contributed by atoms with Gasteiger partial charge >= 0.3 is 17.9 Å². The Balaban J connectivity index is 4.22. The molecule has 0 saturated carbocycles. The molecular formula is C42H80O6. The van der Waals surface area contributed by atoms with Crippen molar-refractivity contribution < 1.29 is 28.6 Å². The van der Waals surface area contributed by atoms with Gasteiger partial charge in [0, 0.05) is 19.3 Å². The van der Waals surface area contributed by atoms with Gasteiger partial charge in [0.05, 0.1) is 0 Å². The van der Waals surface area contributed by atoms with Crippen LogP contribution in [0.3, 0.4) is 0 Å². The first kappa shape index (κ1) is 46.4. The number of unbranched alkanes of at least 4 members (excludes halogenated alkanes) is 23. The standard InChI is InChI=1S/C42H80O6/c1-5-8-10-12-13-14-15-16-17-18-19-20-21-27-31-35-42(45)48-39(36-46-40(43)33-29-24-11-9-6-2)37-47-41(44)34-30-26-23-22-25-28-32-38(4)7-3/h38-39H,5-37H2,1-4H3/t38?,39-/m1/s1. The Bertz CT molecular complexity index is 723. The fourth-order valence-electron chi connectivity index (χ4n) is 6.06. The lowest BCUT2D eigenvalue weighted by Gasteiger charge is -2.18. The fraction of sp³-hybridized carbons (Fsp3) is 0.929. The van der Waals surface area contributed by atoms with Crippen LogP contribution in [0.25, 0.3) is 0 Å². The van der Waals surface area contributed by atoms with Crippen molar-refractivity contribution in [2.24, 2.45) is 5.92 Å². The van der Waals surface area contributed by atoms with E-state index in [1.807, 2.05) is 0 Å². The van der Waals surface area contributed by atoms with E-state index >= 15 is 0 Å². The van der Waals surface area contributed by atoms with Crippen molar-refractivity contribution in [2.45, 2.75) is 233 Å². The third-order valence-electron chi connectivity index (χ3n) is 9.65. The summed E-state index contributed by atoms with van der Waals surface area (Å²) in [6.07, 6.45) is 34.0. The van der Waals surface area contributed by atoms with E-state index in [4.69, 9.17) is 14.2 Å². The van der Waals surface area contributed by atoms with E-state index in [0.717, 1.165) is 70.1 Å². The number of hydrogen-bond donors (Lipinski definition) is 0. The second-order valence-corrected chi connectivity index (χ2v) is 14.5. The Morgan fingerprint density at radius 2 is 0.729 bits per heavy atom. The maximum Gasteiger partial charge on any atom is 0.306 e. The molecule has 1 unspecified atom stereocenters. The third kappa shape index (κ3) is 34.3. The first-order chi connectivity index (χ1) is 23.4.